The molecule has 0 saturated heterocycles. The number of para-hydroxylation sites is 1. The molecule has 0 aliphatic heterocycles. The van der Waals surface area contributed by atoms with Crippen molar-refractivity contribution in [3.8, 4) is 6.07 Å². The third-order valence-corrected chi connectivity index (χ3v) is 3.07. The number of nitrogens with zero attached hydrogens (tertiary/aromatic N) is 1. The van der Waals surface area contributed by atoms with Crippen molar-refractivity contribution in [3.05, 3.63) is 59.7 Å². The zero-order chi connectivity index (χ0) is 17.5. The summed E-state index contributed by atoms with van der Waals surface area (Å²) < 4.78 is 4.57. The first kappa shape index (κ1) is 16.7. The maximum atomic E-state index is 11.9. The Morgan fingerprint density at radius 2 is 1.58 bits per heavy atom. The number of nitriles is 1. The van der Waals surface area contributed by atoms with E-state index in [1.54, 1.807) is 12.1 Å². The van der Waals surface area contributed by atoms with Crippen molar-refractivity contribution in [2.75, 3.05) is 17.7 Å². The van der Waals surface area contributed by atoms with Crippen LogP contribution in [-0.2, 0) is 14.3 Å². The zero-order valence-electron chi connectivity index (χ0n) is 12.7. The van der Waals surface area contributed by atoms with Gasteiger partial charge in [-0.15, -0.1) is 0 Å². The second kappa shape index (κ2) is 7.56. The van der Waals surface area contributed by atoms with Crippen LogP contribution >= 0.6 is 0 Å². The molecule has 0 aliphatic carbocycles. The van der Waals surface area contributed by atoms with E-state index in [1.807, 2.05) is 6.07 Å². The predicted octanol–water partition coefficient (Wildman–Crippen LogP) is 1.92. The smallest absolute Gasteiger partial charge is 0.337 e. The molecule has 0 saturated carbocycles. The summed E-state index contributed by atoms with van der Waals surface area (Å²) in [5, 5.41) is 13.7. The first-order chi connectivity index (χ1) is 11.5. The second-order valence-electron chi connectivity index (χ2n) is 4.63. The number of anilines is 2. The second-order valence-corrected chi connectivity index (χ2v) is 4.63. The highest BCUT2D eigenvalue weighted by Gasteiger charge is 2.16. The number of esters is 1. The molecule has 0 atom stereocenters. The third-order valence-electron chi connectivity index (χ3n) is 3.07. The van der Waals surface area contributed by atoms with Crippen LogP contribution in [0.1, 0.15) is 15.9 Å². The molecule has 0 spiro atoms. The molecule has 0 radical (unpaired) electrons. The van der Waals surface area contributed by atoms with Gasteiger partial charge in [0, 0.05) is 5.69 Å². The number of hydrogen-bond acceptors (Lipinski definition) is 5. The number of rotatable bonds is 3. The first-order valence-electron chi connectivity index (χ1n) is 6.85. The molecular weight excluding hydrogens is 310 g/mol. The lowest BCUT2D eigenvalue weighted by molar-refractivity contribution is -0.133. The van der Waals surface area contributed by atoms with Gasteiger partial charge in [0.15, 0.2) is 0 Å². The summed E-state index contributed by atoms with van der Waals surface area (Å²) in [6, 6.07) is 14.1. The summed E-state index contributed by atoms with van der Waals surface area (Å²) in [7, 11) is 1.27. The van der Waals surface area contributed by atoms with E-state index in [2.05, 4.69) is 15.4 Å². The Morgan fingerprint density at radius 3 is 2.21 bits per heavy atom. The Bertz CT molecular complexity index is 822. The molecule has 0 aromatic heterocycles. The van der Waals surface area contributed by atoms with Crippen LogP contribution in [0.3, 0.4) is 0 Å². The van der Waals surface area contributed by atoms with Crippen molar-refractivity contribution in [3.63, 3.8) is 0 Å². The van der Waals surface area contributed by atoms with Gasteiger partial charge in [-0.25, -0.2) is 4.79 Å². The maximum Gasteiger partial charge on any atom is 0.337 e. The quantitative estimate of drug-likeness (QED) is 0.662. The van der Waals surface area contributed by atoms with E-state index >= 15 is 0 Å². The van der Waals surface area contributed by atoms with Crippen molar-refractivity contribution < 1.29 is 19.1 Å². The van der Waals surface area contributed by atoms with Crippen molar-refractivity contribution in [1.82, 2.24) is 0 Å². The molecule has 2 N–H and O–H groups in total. The molecule has 2 amide bonds. The molecule has 0 aliphatic rings. The summed E-state index contributed by atoms with van der Waals surface area (Å²) in [6.45, 7) is 0. The fourth-order valence-electron chi connectivity index (χ4n) is 1.86. The zero-order valence-corrected chi connectivity index (χ0v) is 12.7. The van der Waals surface area contributed by atoms with Gasteiger partial charge in [0.05, 0.1) is 23.9 Å². The van der Waals surface area contributed by atoms with Crippen molar-refractivity contribution in [1.29, 1.82) is 5.26 Å². The number of amides is 2. The van der Waals surface area contributed by atoms with Crippen LogP contribution in [0.25, 0.3) is 0 Å². The lowest BCUT2D eigenvalue weighted by Crippen LogP contribution is -2.29. The lowest BCUT2D eigenvalue weighted by Gasteiger charge is -2.08. The summed E-state index contributed by atoms with van der Waals surface area (Å²) in [4.78, 5) is 35.1. The Balaban J connectivity index is 2.03. The minimum absolute atomic E-state index is 0.251. The average molecular weight is 323 g/mol. The van der Waals surface area contributed by atoms with Crippen LogP contribution in [0.4, 0.5) is 11.4 Å². The summed E-state index contributed by atoms with van der Waals surface area (Å²) in [5.41, 5.74) is 1.17. The van der Waals surface area contributed by atoms with Gasteiger partial charge < -0.3 is 15.4 Å². The fourth-order valence-corrected chi connectivity index (χ4v) is 1.86. The Kier molecular flexibility index (Phi) is 5.26. The van der Waals surface area contributed by atoms with E-state index in [-0.39, 0.29) is 11.3 Å². The Hall–Kier alpha value is -3.66. The standard InChI is InChI=1S/C17H13N3O4/c1-24-17(23)11-6-8-13(9-7-11)19-15(21)16(22)20-14-5-3-2-4-12(14)10-18/h2-9H,1H3,(H,19,21)(H,20,22). The number of hydrogen-bond donors (Lipinski definition) is 2. The molecule has 0 heterocycles. The van der Waals surface area contributed by atoms with Crippen molar-refractivity contribution in [2.24, 2.45) is 0 Å². The fraction of sp³-hybridized carbons (Fsp3) is 0.0588. The highest BCUT2D eigenvalue weighted by molar-refractivity contribution is 6.43. The van der Waals surface area contributed by atoms with Gasteiger partial charge in [-0.2, -0.15) is 5.26 Å². The molecule has 0 unspecified atom stereocenters. The topological polar surface area (TPSA) is 108 Å². The summed E-state index contributed by atoms with van der Waals surface area (Å²) in [6.07, 6.45) is 0. The van der Waals surface area contributed by atoms with Crippen LogP contribution in [0.15, 0.2) is 48.5 Å². The van der Waals surface area contributed by atoms with Crippen LogP contribution < -0.4 is 10.6 Å². The number of nitrogens with one attached hydrogen (secondary N) is 2. The van der Waals surface area contributed by atoms with Crippen molar-refractivity contribution >= 4 is 29.2 Å². The first-order valence-corrected chi connectivity index (χ1v) is 6.85. The molecule has 7 nitrogen and oxygen atoms in total. The summed E-state index contributed by atoms with van der Waals surface area (Å²) in [5.74, 6) is -2.30. The molecule has 2 aromatic rings. The monoisotopic (exact) mass is 323 g/mol. The number of carbonyl (C=O) groups excluding carboxylic acids is 3. The molecule has 2 rings (SSSR count). The van der Waals surface area contributed by atoms with Gasteiger partial charge in [0.2, 0.25) is 0 Å². The minimum atomic E-state index is -0.908. The van der Waals surface area contributed by atoms with Crippen LogP contribution in [-0.4, -0.2) is 24.9 Å². The van der Waals surface area contributed by atoms with Gasteiger partial charge in [0.25, 0.3) is 0 Å². The number of methoxy groups -OCH3 is 1. The lowest BCUT2D eigenvalue weighted by atomic mass is 10.2. The Labute approximate surface area is 137 Å². The molecule has 0 bridgehead atoms. The third kappa shape index (κ3) is 3.96. The SMILES string of the molecule is COC(=O)c1ccc(NC(=O)C(=O)Nc2ccccc2C#N)cc1. The average Bonchev–Trinajstić information content (AvgIpc) is 2.62. The molecular formula is C17H13N3O4. The molecule has 0 fully saturated rings. The van der Waals surface area contributed by atoms with Gasteiger partial charge >= 0.3 is 17.8 Å². The minimum Gasteiger partial charge on any atom is -0.465 e. The van der Waals surface area contributed by atoms with Crippen molar-refractivity contribution in [2.45, 2.75) is 0 Å². The highest BCUT2D eigenvalue weighted by atomic mass is 16.5. The van der Waals surface area contributed by atoms with Gasteiger partial charge in [-0.05, 0) is 36.4 Å². The van der Waals surface area contributed by atoms with Gasteiger partial charge in [-0.3, -0.25) is 9.59 Å². The maximum absolute atomic E-state index is 11.9. The van der Waals surface area contributed by atoms with E-state index in [1.165, 1.54) is 43.5 Å². The molecule has 2 aromatic carbocycles. The molecule has 24 heavy (non-hydrogen) atoms. The van der Waals surface area contributed by atoms with E-state index in [0.29, 0.717) is 11.3 Å². The van der Waals surface area contributed by atoms with Gasteiger partial charge in [-0.1, -0.05) is 12.1 Å². The van der Waals surface area contributed by atoms with E-state index in [9.17, 15) is 14.4 Å². The predicted molar refractivity (Wildman–Crippen MR) is 86.2 cm³/mol. The van der Waals surface area contributed by atoms with E-state index in [4.69, 9.17) is 5.26 Å². The number of ether oxygens (including phenoxy) is 1. The van der Waals surface area contributed by atoms with Crippen LogP contribution in [0.2, 0.25) is 0 Å². The Morgan fingerprint density at radius 1 is 0.958 bits per heavy atom. The normalized spacial score (nSPS) is 9.50. The largest absolute Gasteiger partial charge is 0.465 e. The number of carbonyl (C=O) groups is 3. The van der Waals surface area contributed by atoms with Gasteiger partial charge in [0.1, 0.15) is 6.07 Å². The summed E-state index contributed by atoms with van der Waals surface area (Å²) >= 11 is 0. The van der Waals surface area contributed by atoms with Crippen LogP contribution in [0, 0.1) is 11.3 Å². The van der Waals surface area contributed by atoms with E-state index in [0.717, 1.165) is 0 Å². The van der Waals surface area contributed by atoms with E-state index < -0.39 is 17.8 Å². The molecule has 120 valence electrons. The number of benzene rings is 2. The van der Waals surface area contributed by atoms with Crippen LogP contribution in [0.5, 0.6) is 0 Å². The molecule has 7 heteroatoms. The highest BCUT2D eigenvalue weighted by Crippen LogP contribution is 2.14.